The molecule has 0 saturated heterocycles. The van der Waals surface area contributed by atoms with Crippen LogP contribution >= 0.6 is 11.6 Å². The number of nitrogens with one attached hydrogen (secondary N) is 1. The average molecular weight is 302 g/mol. The molecule has 1 amide bonds. The summed E-state index contributed by atoms with van der Waals surface area (Å²) < 4.78 is 33.0. The minimum absolute atomic E-state index is 0.0168. The summed E-state index contributed by atoms with van der Waals surface area (Å²) in [7, 11) is 0. The molecular weight excluding hydrogens is 292 g/mol. The van der Waals surface area contributed by atoms with Crippen molar-refractivity contribution in [2.45, 2.75) is 13.2 Å². The summed E-state index contributed by atoms with van der Waals surface area (Å²) in [5, 5.41) is 2.65. The molecule has 1 heterocycles. The van der Waals surface area contributed by atoms with Crippen molar-refractivity contribution in [3.63, 3.8) is 0 Å². The molecule has 4 nitrogen and oxygen atoms in total. The molecule has 106 valence electrons. The average Bonchev–Trinajstić information content (AvgIpc) is 2.83. The zero-order valence-electron chi connectivity index (χ0n) is 10.1. The van der Waals surface area contributed by atoms with Crippen LogP contribution in [0.15, 0.2) is 41.0 Å². The van der Waals surface area contributed by atoms with Gasteiger partial charge in [-0.1, -0.05) is 12.1 Å². The number of hydrogen-bond acceptors (Lipinski definition) is 3. The Morgan fingerprint density at radius 2 is 2.00 bits per heavy atom. The van der Waals surface area contributed by atoms with Crippen LogP contribution in [0.5, 0.6) is 5.75 Å². The van der Waals surface area contributed by atoms with Gasteiger partial charge in [0.05, 0.1) is 11.8 Å². The molecule has 0 spiro atoms. The van der Waals surface area contributed by atoms with E-state index in [1.807, 2.05) is 0 Å². The smallest absolute Gasteiger partial charge is 0.387 e. The van der Waals surface area contributed by atoms with Crippen LogP contribution in [0, 0.1) is 0 Å². The Kier molecular flexibility index (Phi) is 4.57. The first-order valence-electron chi connectivity index (χ1n) is 5.61. The molecule has 0 unspecified atom stereocenters. The van der Waals surface area contributed by atoms with Gasteiger partial charge >= 0.3 is 6.61 Å². The van der Waals surface area contributed by atoms with Gasteiger partial charge < -0.3 is 14.5 Å². The van der Waals surface area contributed by atoms with Gasteiger partial charge in [-0.2, -0.15) is 8.78 Å². The maximum Gasteiger partial charge on any atom is 0.387 e. The monoisotopic (exact) mass is 301 g/mol. The van der Waals surface area contributed by atoms with E-state index in [0.29, 0.717) is 0 Å². The Morgan fingerprint density at radius 3 is 2.55 bits per heavy atom. The molecule has 1 aromatic heterocycles. The third-order valence-electron chi connectivity index (χ3n) is 2.46. The van der Waals surface area contributed by atoms with Crippen LogP contribution in [-0.2, 0) is 6.54 Å². The molecule has 0 bridgehead atoms. The maximum absolute atomic E-state index is 12.0. The zero-order valence-corrected chi connectivity index (χ0v) is 10.9. The number of furan rings is 1. The van der Waals surface area contributed by atoms with Gasteiger partial charge in [0.25, 0.3) is 5.91 Å². The summed E-state index contributed by atoms with van der Waals surface area (Å²) in [5.41, 5.74) is 0.976. The van der Waals surface area contributed by atoms with Crippen LogP contribution in [0.2, 0.25) is 5.22 Å². The van der Waals surface area contributed by atoms with E-state index < -0.39 is 6.61 Å². The van der Waals surface area contributed by atoms with Gasteiger partial charge in [0.1, 0.15) is 5.75 Å². The molecule has 0 atom stereocenters. The van der Waals surface area contributed by atoms with E-state index in [2.05, 4.69) is 10.1 Å². The van der Waals surface area contributed by atoms with Crippen LogP contribution in [-0.4, -0.2) is 12.5 Å². The molecule has 2 rings (SSSR count). The highest BCUT2D eigenvalue weighted by atomic mass is 35.5. The normalized spacial score (nSPS) is 10.6. The largest absolute Gasteiger partial charge is 0.452 e. The lowest BCUT2D eigenvalue weighted by atomic mass is 10.2. The molecule has 20 heavy (non-hydrogen) atoms. The molecule has 0 aliphatic carbocycles. The van der Waals surface area contributed by atoms with Gasteiger partial charge in [-0.25, -0.2) is 0 Å². The van der Waals surface area contributed by atoms with E-state index >= 15 is 0 Å². The number of halogens is 3. The van der Waals surface area contributed by atoms with E-state index in [1.165, 1.54) is 24.5 Å². The summed E-state index contributed by atoms with van der Waals surface area (Å²) in [4.78, 5) is 11.7. The van der Waals surface area contributed by atoms with Crippen LogP contribution in [0.25, 0.3) is 0 Å². The molecule has 7 heteroatoms. The van der Waals surface area contributed by atoms with Crippen molar-refractivity contribution in [1.29, 1.82) is 0 Å². The molecule has 0 aliphatic rings. The molecule has 0 saturated carbocycles. The number of ether oxygens (including phenoxy) is 1. The summed E-state index contributed by atoms with van der Waals surface area (Å²) >= 11 is 5.67. The van der Waals surface area contributed by atoms with E-state index in [0.717, 1.165) is 5.56 Å². The maximum atomic E-state index is 12.0. The van der Waals surface area contributed by atoms with Crippen molar-refractivity contribution in [1.82, 2.24) is 5.32 Å². The van der Waals surface area contributed by atoms with E-state index in [-0.39, 0.29) is 29.0 Å². The fraction of sp³-hybridized carbons (Fsp3) is 0.154. The van der Waals surface area contributed by atoms with Crippen molar-refractivity contribution >= 4 is 17.5 Å². The van der Waals surface area contributed by atoms with Crippen molar-refractivity contribution in [3.05, 3.63) is 52.9 Å². The Labute approximate surface area is 118 Å². The SMILES string of the molecule is O=C(NCc1ccc(OC(F)F)cc1)c1ccoc1Cl. The molecule has 0 aliphatic heterocycles. The number of carbonyl (C=O) groups is 1. The zero-order chi connectivity index (χ0) is 14.5. The Balaban J connectivity index is 1.91. The molecule has 1 aromatic carbocycles. The minimum atomic E-state index is -2.86. The van der Waals surface area contributed by atoms with Crippen molar-refractivity contribution in [2.75, 3.05) is 0 Å². The second kappa shape index (κ2) is 6.38. The first-order chi connectivity index (χ1) is 9.56. The first kappa shape index (κ1) is 14.3. The summed E-state index contributed by atoms with van der Waals surface area (Å²) in [5.74, 6) is -0.315. The van der Waals surface area contributed by atoms with E-state index in [9.17, 15) is 13.6 Å². The first-order valence-corrected chi connectivity index (χ1v) is 5.99. The van der Waals surface area contributed by atoms with Gasteiger partial charge in [0.2, 0.25) is 5.22 Å². The number of hydrogen-bond donors (Lipinski definition) is 1. The van der Waals surface area contributed by atoms with Gasteiger partial charge in [0, 0.05) is 6.54 Å². The highest BCUT2D eigenvalue weighted by Crippen LogP contribution is 2.17. The van der Waals surface area contributed by atoms with Crippen LogP contribution in [0.4, 0.5) is 8.78 Å². The molecule has 0 radical (unpaired) electrons. The third kappa shape index (κ3) is 3.71. The molecule has 0 fully saturated rings. The highest BCUT2D eigenvalue weighted by Gasteiger charge is 2.12. The number of carbonyl (C=O) groups excluding carboxylic acids is 1. The second-order valence-electron chi connectivity index (χ2n) is 3.81. The van der Waals surface area contributed by atoms with Crippen LogP contribution < -0.4 is 10.1 Å². The minimum Gasteiger partial charge on any atom is -0.452 e. The lowest BCUT2D eigenvalue weighted by molar-refractivity contribution is -0.0498. The quantitative estimate of drug-likeness (QED) is 0.920. The topological polar surface area (TPSA) is 51.5 Å². The summed E-state index contributed by atoms with van der Waals surface area (Å²) in [6, 6.07) is 7.41. The molecule has 2 aromatic rings. The summed E-state index contributed by atoms with van der Waals surface area (Å²) in [6.07, 6.45) is 1.31. The van der Waals surface area contributed by atoms with Crippen molar-refractivity contribution in [2.24, 2.45) is 0 Å². The van der Waals surface area contributed by atoms with Gasteiger partial charge in [-0.05, 0) is 35.4 Å². The predicted molar refractivity (Wildman–Crippen MR) is 68.0 cm³/mol. The third-order valence-corrected chi connectivity index (χ3v) is 2.76. The standard InChI is InChI=1S/C13H10ClF2NO3/c14-11-10(5-6-19-11)12(18)17-7-8-1-3-9(4-2-8)20-13(15)16/h1-6,13H,7H2,(H,17,18). The van der Waals surface area contributed by atoms with Crippen molar-refractivity contribution in [3.8, 4) is 5.75 Å². The predicted octanol–water partition coefficient (Wildman–Crippen LogP) is 3.46. The van der Waals surface area contributed by atoms with Crippen molar-refractivity contribution < 1.29 is 22.7 Å². The highest BCUT2D eigenvalue weighted by molar-refractivity contribution is 6.32. The number of benzene rings is 1. The molecular formula is C13H10ClF2NO3. The van der Waals surface area contributed by atoms with Crippen LogP contribution in [0.3, 0.4) is 0 Å². The fourth-order valence-corrected chi connectivity index (χ4v) is 1.72. The Hall–Kier alpha value is -2.08. The van der Waals surface area contributed by atoms with Gasteiger partial charge in [-0.3, -0.25) is 4.79 Å². The lowest BCUT2D eigenvalue weighted by Crippen LogP contribution is -2.22. The van der Waals surface area contributed by atoms with Gasteiger partial charge in [-0.15, -0.1) is 0 Å². The number of alkyl halides is 2. The van der Waals surface area contributed by atoms with E-state index in [4.69, 9.17) is 16.0 Å². The summed E-state index contributed by atoms with van der Waals surface area (Å²) in [6.45, 7) is -2.63. The number of rotatable bonds is 5. The number of amides is 1. The van der Waals surface area contributed by atoms with E-state index in [1.54, 1.807) is 12.1 Å². The Bertz CT molecular complexity index is 584. The lowest BCUT2D eigenvalue weighted by Gasteiger charge is -2.07. The Morgan fingerprint density at radius 1 is 1.30 bits per heavy atom. The van der Waals surface area contributed by atoms with Crippen LogP contribution in [0.1, 0.15) is 15.9 Å². The fourth-order valence-electron chi connectivity index (χ4n) is 1.52. The molecule has 1 N–H and O–H groups in total. The van der Waals surface area contributed by atoms with Gasteiger partial charge in [0.15, 0.2) is 0 Å². The second-order valence-corrected chi connectivity index (χ2v) is 4.16.